The lowest BCUT2D eigenvalue weighted by Crippen LogP contribution is -2.13. The van der Waals surface area contributed by atoms with Gasteiger partial charge in [-0.25, -0.2) is 4.98 Å². The first-order chi connectivity index (χ1) is 7.70. The van der Waals surface area contributed by atoms with Gasteiger partial charge in [0.2, 0.25) is 0 Å². The van der Waals surface area contributed by atoms with Gasteiger partial charge in [-0.3, -0.25) is 0 Å². The average molecular weight is 235 g/mol. The molecule has 0 spiro atoms. The molecule has 1 fully saturated rings. The highest BCUT2D eigenvalue weighted by Crippen LogP contribution is 2.33. The number of anilines is 1. The van der Waals surface area contributed by atoms with E-state index in [2.05, 4.69) is 11.1 Å². The number of aromatic nitrogens is 1. The van der Waals surface area contributed by atoms with Crippen LogP contribution < -0.4 is 5.73 Å². The van der Waals surface area contributed by atoms with Crippen LogP contribution in [0.1, 0.15) is 18.9 Å². The predicted octanol–water partition coefficient (Wildman–Crippen LogP) is 1.80. The maximum atomic E-state index is 8.99. The molecular weight excluding hydrogens is 222 g/mol. The Labute approximate surface area is 98.8 Å². The second kappa shape index (κ2) is 4.73. The summed E-state index contributed by atoms with van der Waals surface area (Å²) in [5.41, 5.74) is 6.66. The van der Waals surface area contributed by atoms with Crippen LogP contribution >= 0.6 is 11.8 Å². The molecule has 1 aliphatic rings. The van der Waals surface area contributed by atoms with Gasteiger partial charge in [-0.05, 0) is 19.4 Å². The third-order valence-electron chi connectivity index (χ3n) is 2.56. The fourth-order valence-corrected chi connectivity index (χ4v) is 2.77. The summed E-state index contributed by atoms with van der Waals surface area (Å²) in [7, 11) is 0. The van der Waals surface area contributed by atoms with Crippen LogP contribution in [0.25, 0.3) is 0 Å². The highest BCUT2D eigenvalue weighted by atomic mass is 32.2. The molecule has 1 aromatic rings. The molecule has 1 aromatic heterocycles. The van der Waals surface area contributed by atoms with E-state index >= 15 is 0 Å². The van der Waals surface area contributed by atoms with Gasteiger partial charge in [-0.2, -0.15) is 5.26 Å². The summed E-state index contributed by atoms with van der Waals surface area (Å²) in [4.78, 5) is 4.21. The molecule has 1 saturated heterocycles. The number of nitrogen functional groups attached to an aromatic ring is 1. The van der Waals surface area contributed by atoms with Crippen molar-refractivity contribution in [2.24, 2.45) is 0 Å². The number of hydrogen-bond acceptors (Lipinski definition) is 5. The smallest absolute Gasteiger partial charge is 0.114 e. The van der Waals surface area contributed by atoms with Crippen LogP contribution in [0.5, 0.6) is 0 Å². The Morgan fingerprint density at radius 2 is 2.50 bits per heavy atom. The maximum absolute atomic E-state index is 8.99. The molecule has 2 unspecified atom stereocenters. The molecule has 2 heterocycles. The van der Waals surface area contributed by atoms with Crippen LogP contribution in [-0.4, -0.2) is 22.9 Å². The van der Waals surface area contributed by atoms with E-state index in [1.807, 2.05) is 6.92 Å². The molecule has 0 amide bonds. The minimum absolute atomic E-state index is 0.218. The molecule has 4 nitrogen and oxygen atoms in total. The van der Waals surface area contributed by atoms with Gasteiger partial charge in [-0.1, -0.05) is 11.8 Å². The Bertz CT molecular complexity index is 430. The van der Waals surface area contributed by atoms with Gasteiger partial charge < -0.3 is 10.5 Å². The molecule has 0 radical (unpaired) electrons. The first-order valence-electron chi connectivity index (χ1n) is 5.14. The van der Waals surface area contributed by atoms with Crippen molar-refractivity contribution in [1.82, 2.24) is 4.98 Å². The van der Waals surface area contributed by atoms with Gasteiger partial charge in [0.25, 0.3) is 0 Å². The Morgan fingerprint density at radius 3 is 3.12 bits per heavy atom. The molecule has 84 valence electrons. The van der Waals surface area contributed by atoms with Gasteiger partial charge in [0.05, 0.1) is 23.6 Å². The molecule has 5 heteroatoms. The lowest BCUT2D eigenvalue weighted by atomic mass is 10.2. The fraction of sp³-hybridized carbons (Fsp3) is 0.455. The second-order valence-corrected chi connectivity index (χ2v) is 4.98. The Kier molecular flexibility index (Phi) is 3.32. The number of pyridine rings is 1. The van der Waals surface area contributed by atoms with Crippen molar-refractivity contribution < 1.29 is 4.74 Å². The summed E-state index contributed by atoms with van der Waals surface area (Å²) < 4.78 is 5.48. The average Bonchev–Trinajstić information content (AvgIpc) is 2.67. The van der Waals surface area contributed by atoms with Gasteiger partial charge in [0.15, 0.2) is 0 Å². The van der Waals surface area contributed by atoms with E-state index in [1.54, 1.807) is 24.0 Å². The number of ether oxygens (including phenoxy) is 1. The number of nitriles is 1. The zero-order valence-electron chi connectivity index (χ0n) is 9.01. The molecule has 2 atom stereocenters. The Morgan fingerprint density at radius 1 is 1.69 bits per heavy atom. The first-order valence-corrected chi connectivity index (χ1v) is 6.02. The van der Waals surface area contributed by atoms with E-state index in [1.165, 1.54) is 0 Å². The number of rotatable bonds is 2. The SMILES string of the molecule is CC1OCCC1Sc1ncc(N)cc1C#N. The number of nitrogens with zero attached hydrogens (tertiary/aromatic N) is 2. The van der Waals surface area contributed by atoms with Gasteiger partial charge >= 0.3 is 0 Å². The van der Waals surface area contributed by atoms with Crippen molar-refractivity contribution in [2.45, 2.75) is 29.7 Å². The van der Waals surface area contributed by atoms with Crippen LogP contribution in [-0.2, 0) is 4.74 Å². The second-order valence-electron chi connectivity index (χ2n) is 3.75. The third kappa shape index (κ3) is 2.29. The molecule has 16 heavy (non-hydrogen) atoms. The standard InChI is InChI=1S/C11H13N3OS/c1-7-10(2-3-15-7)16-11-8(5-12)4-9(13)6-14-11/h4,6-7,10H,2-3,13H2,1H3. The molecule has 1 aliphatic heterocycles. The maximum Gasteiger partial charge on any atom is 0.114 e. The first kappa shape index (κ1) is 11.2. The topological polar surface area (TPSA) is 71.9 Å². The number of hydrogen-bond donors (Lipinski definition) is 1. The van der Waals surface area contributed by atoms with Crippen molar-refractivity contribution in [1.29, 1.82) is 5.26 Å². The van der Waals surface area contributed by atoms with E-state index in [-0.39, 0.29) is 6.10 Å². The summed E-state index contributed by atoms with van der Waals surface area (Å²) in [6, 6.07) is 3.78. The zero-order chi connectivity index (χ0) is 11.5. The van der Waals surface area contributed by atoms with Crippen LogP contribution in [0.2, 0.25) is 0 Å². The van der Waals surface area contributed by atoms with Crippen LogP contribution in [0.4, 0.5) is 5.69 Å². The predicted molar refractivity (Wildman–Crippen MR) is 63.0 cm³/mol. The normalized spacial score (nSPS) is 24.2. The Hall–Kier alpha value is -1.25. The van der Waals surface area contributed by atoms with E-state index in [0.29, 0.717) is 16.5 Å². The van der Waals surface area contributed by atoms with Crippen molar-refractivity contribution in [3.63, 3.8) is 0 Å². The van der Waals surface area contributed by atoms with Crippen molar-refractivity contribution in [3.8, 4) is 6.07 Å². The highest BCUT2D eigenvalue weighted by Gasteiger charge is 2.26. The molecular formula is C11H13N3OS. The Balaban J connectivity index is 2.18. The lowest BCUT2D eigenvalue weighted by Gasteiger charge is -2.13. The molecule has 0 bridgehead atoms. The molecule has 2 N–H and O–H groups in total. The summed E-state index contributed by atoms with van der Waals surface area (Å²) >= 11 is 1.61. The van der Waals surface area contributed by atoms with E-state index in [4.69, 9.17) is 15.7 Å². The van der Waals surface area contributed by atoms with Crippen LogP contribution in [0.15, 0.2) is 17.3 Å². The molecule has 0 aromatic carbocycles. The van der Waals surface area contributed by atoms with Crippen LogP contribution in [0, 0.1) is 11.3 Å². The minimum atomic E-state index is 0.218. The van der Waals surface area contributed by atoms with Gasteiger partial charge in [0.1, 0.15) is 11.1 Å². The quantitative estimate of drug-likeness (QED) is 0.846. The number of thioether (sulfide) groups is 1. The van der Waals surface area contributed by atoms with E-state index < -0.39 is 0 Å². The molecule has 0 aliphatic carbocycles. The summed E-state index contributed by atoms with van der Waals surface area (Å²) in [5.74, 6) is 0. The zero-order valence-corrected chi connectivity index (χ0v) is 9.83. The third-order valence-corrected chi connectivity index (χ3v) is 4.03. The fourth-order valence-electron chi connectivity index (χ4n) is 1.65. The number of nitrogens with two attached hydrogens (primary N) is 1. The van der Waals surface area contributed by atoms with Gasteiger partial charge in [-0.15, -0.1) is 0 Å². The van der Waals surface area contributed by atoms with E-state index in [0.717, 1.165) is 18.1 Å². The minimum Gasteiger partial charge on any atom is -0.397 e. The van der Waals surface area contributed by atoms with E-state index in [9.17, 15) is 0 Å². The highest BCUT2D eigenvalue weighted by molar-refractivity contribution is 8.00. The summed E-state index contributed by atoms with van der Waals surface area (Å²) in [6.07, 6.45) is 2.81. The lowest BCUT2D eigenvalue weighted by molar-refractivity contribution is 0.127. The van der Waals surface area contributed by atoms with Crippen molar-refractivity contribution in [2.75, 3.05) is 12.3 Å². The molecule has 0 saturated carbocycles. The monoisotopic (exact) mass is 235 g/mol. The summed E-state index contributed by atoms with van der Waals surface area (Å²) in [5, 5.41) is 10.1. The summed E-state index contributed by atoms with van der Waals surface area (Å²) in [6.45, 7) is 2.84. The largest absolute Gasteiger partial charge is 0.397 e. The van der Waals surface area contributed by atoms with Crippen molar-refractivity contribution in [3.05, 3.63) is 17.8 Å². The van der Waals surface area contributed by atoms with Crippen LogP contribution in [0.3, 0.4) is 0 Å². The van der Waals surface area contributed by atoms with Crippen molar-refractivity contribution >= 4 is 17.4 Å². The van der Waals surface area contributed by atoms with Gasteiger partial charge in [0, 0.05) is 11.9 Å². The molecule has 2 rings (SSSR count).